The Bertz CT molecular complexity index is 682. The van der Waals surface area contributed by atoms with Crippen molar-refractivity contribution in [1.82, 2.24) is 0 Å². The fourth-order valence-electron chi connectivity index (χ4n) is 7.85. The second kappa shape index (κ2) is 6.43. The number of cyclic esters (lactones) is 1. The van der Waals surface area contributed by atoms with Gasteiger partial charge in [0.05, 0.1) is 24.5 Å². The maximum absolute atomic E-state index is 12.7. The molecule has 1 aliphatic carbocycles. The van der Waals surface area contributed by atoms with Crippen molar-refractivity contribution in [3.8, 4) is 0 Å². The molecule has 5 aliphatic rings. The molecule has 2 unspecified atom stereocenters. The van der Waals surface area contributed by atoms with E-state index in [4.69, 9.17) is 9.47 Å². The first-order valence-electron chi connectivity index (χ1n) is 11.4. The van der Waals surface area contributed by atoms with Gasteiger partial charge in [-0.15, -0.1) is 0 Å². The van der Waals surface area contributed by atoms with E-state index in [9.17, 15) is 14.7 Å². The summed E-state index contributed by atoms with van der Waals surface area (Å²) in [6, 6.07) is 0.393. The van der Waals surface area contributed by atoms with Gasteiger partial charge in [-0.25, -0.2) is 0 Å². The molecular formula is C22H34NO5+. The van der Waals surface area contributed by atoms with Gasteiger partial charge in [-0.1, -0.05) is 27.2 Å². The standard InChI is InChI=1S/C22H33NO5/c1-4-13-14-7-5-6-8-23-15(16-9-11(2)20(25)27-16)10-22(19(14)23)17(18(13)24)12(3)21(26)28-22/h11-19,24H,4-10H2,1-3H3/p+1/t11-,12-,13+,14+,15-,16-,17-,18+,19?,22+/m0/s1. The predicted molar refractivity (Wildman–Crippen MR) is 100 cm³/mol. The van der Waals surface area contributed by atoms with Crippen LogP contribution in [0.25, 0.3) is 0 Å². The van der Waals surface area contributed by atoms with Gasteiger partial charge in [-0.05, 0) is 25.2 Å². The summed E-state index contributed by atoms with van der Waals surface area (Å²) in [5.74, 6) is -0.119. The Labute approximate surface area is 166 Å². The summed E-state index contributed by atoms with van der Waals surface area (Å²) in [6.07, 6.45) is 5.23. The van der Waals surface area contributed by atoms with Crippen LogP contribution < -0.4 is 4.90 Å². The van der Waals surface area contributed by atoms with Gasteiger partial charge >= 0.3 is 11.9 Å². The van der Waals surface area contributed by atoms with Crippen LogP contribution >= 0.6 is 0 Å². The first kappa shape index (κ1) is 18.9. The number of aliphatic hydroxyl groups is 1. The SMILES string of the molecule is CC[C@H]1[C@@H](O)[C@@H]2[C@H](C)C(=O)O[C@]23C[C@@H]([C@@H]2C[C@H](C)C(=O)O2)[NH+]2CCCC[C@H]1C23. The summed E-state index contributed by atoms with van der Waals surface area (Å²) >= 11 is 0. The minimum absolute atomic E-state index is 0.0536. The van der Waals surface area contributed by atoms with Crippen LogP contribution in [0.15, 0.2) is 0 Å². The Morgan fingerprint density at radius 3 is 2.68 bits per heavy atom. The molecule has 2 N–H and O–H groups in total. The van der Waals surface area contributed by atoms with Gasteiger partial charge in [-0.2, -0.15) is 0 Å². The first-order chi connectivity index (χ1) is 13.4. The molecule has 0 amide bonds. The molecule has 1 spiro atoms. The van der Waals surface area contributed by atoms with E-state index in [0.717, 1.165) is 45.1 Å². The Morgan fingerprint density at radius 2 is 2.00 bits per heavy atom. The fourth-order valence-corrected chi connectivity index (χ4v) is 7.85. The van der Waals surface area contributed by atoms with Gasteiger partial charge in [0, 0.05) is 24.7 Å². The second-order valence-electron chi connectivity index (χ2n) is 10.1. The van der Waals surface area contributed by atoms with Crippen LogP contribution in [0.4, 0.5) is 0 Å². The van der Waals surface area contributed by atoms with Crippen molar-refractivity contribution < 1.29 is 29.1 Å². The van der Waals surface area contributed by atoms with E-state index < -0.39 is 11.7 Å². The van der Waals surface area contributed by atoms with Crippen LogP contribution in [0.1, 0.15) is 59.3 Å². The van der Waals surface area contributed by atoms with E-state index in [-0.39, 0.29) is 53.8 Å². The van der Waals surface area contributed by atoms with Gasteiger partial charge in [-0.3, -0.25) is 9.59 Å². The molecule has 156 valence electrons. The molecule has 0 radical (unpaired) electrons. The van der Waals surface area contributed by atoms with Crippen LogP contribution in [0, 0.1) is 29.6 Å². The molecule has 4 heterocycles. The van der Waals surface area contributed by atoms with E-state index in [2.05, 4.69) is 6.92 Å². The lowest BCUT2D eigenvalue weighted by molar-refractivity contribution is -0.946. The summed E-state index contributed by atoms with van der Waals surface area (Å²) < 4.78 is 12.0. The molecule has 4 aliphatic heterocycles. The number of nitrogens with one attached hydrogen (secondary N) is 1. The summed E-state index contributed by atoms with van der Waals surface area (Å²) in [6.45, 7) is 7.09. The van der Waals surface area contributed by atoms with Crippen molar-refractivity contribution in [2.24, 2.45) is 29.6 Å². The molecule has 5 fully saturated rings. The Morgan fingerprint density at radius 1 is 1.21 bits per heavy atom. The Kier molecular flexibility index (Phi) is 4.33. The summed E-state index contributed by atoms with van der Waals surface area (Å²) in [5, 5.41) is 11.4. The van der Waals surface area contributed by atoms with E-state index in [1.165, 1.54) is 4.90 Å². The van der Waals surface area contributed by atoms with Crippen molar-refractivity contribution in [2.45, 2.75) is 89.2 Å². The number of esters is 2. The lowest BCUT2D eigenvalue weighted by atomic mass is 9.58. The molecule has 5 rings (SSSR count). The molecule has 0 bridgehead atoms. The lowest BCUT2D eigenvalue weighted by Gasteiger charge is -2.50. The molecule has 6 nitrogen and oxygen atoms in total. The summed E-state index contributed by atoms with van der Waals surface area (Å²) in [4.78, 5) is 26.3. The van der Waals surface area contributed by atoms with Gasteiger partial charge in [0.1, 0.15) is 12.1 Å². The molecule has 0 aromatic carbocycles. The van der Waals surface area contributed by atoms with E-state index in [0.29, 0.717) is 5.92 Å². The van der Waals surface area contributed by atoms with Gasteiger partial charge < -0.3 is 19.5 Å². The number of rotatable bonds is 2. The van der Waals surface area contributed by atoms with Crippen LogP contribution in [0.3, 0.4) is 0 Å². The minimum Gasteiger partial charge on any atom is -0.456 e. The topological polar surface area (TPSA) is 77.3 Å². The third-order valence-corrected chi connectivity index (χ3v) is 8.92. The van der Waals surface area contributed by atoms with Crippen LogP contribution in [0.2, 0.25) is 0 Å². The number of hydrogen-bond donors (Lipinski definition) is 2. The zero-order valence-electron chi connectivity index (χ0n) is 17.2. The minimum atomic E-state index is -0.588. The van der Waals surface area contributed by atoms with Crippen LogP contribution in [0.5, 0.6) is 0 Å². The highest BCUT2D eigenvalue weighted by atomic mass is 16.6. The molecule has 6 heteroatoms. The Hall–Kier alpha value is -1.14. The molecule has 11 atom stereocenters. The molecule has 1 saturated carbocycles. The summed E-state index contributed by atoms with van der Waals surface area (Å²) in [7, 11) is 0. The highest BCUT2D eigenvalue weighted by Crippen LogP contribution is 2.56. The van der Waals surface area contributed by atoms with E-state index >= 15 is 0 Å². The van der Waals surface area contributed by atoms with Crippen molar-refractivity contribution >= 4 is 11.9 Å². The number of aliphatic hydroxyl groups excluding tert-OH is 1. The molecular weight excluding hydrogens is 358 g/mol. The van der Waals surface area contributed by atoms with Crippen molar-refractivity contribution in [3.05, 3.63) is 0 Å². The third-order valence-electron chi connectivity index (χ3n) is 8.92. The average molecular weight is 393 g/mol. The second-order valence-corrected chi connectivity index (χ2v) is 10.1. The highest BCUT2D eigenvalue weighted by Gasteiger charge is 2.75. The van der Waals surface area contributed by atoms with Gasteiger partial charge in [0.25, 0.3) is 0 Å². The van der Waals surface area contributed by atoms with Crippen molar-refractivity contribution in [2.75, 3.05) is 6.54 Å². The lowest BCUT2D eigenvalue weighted by Crippen LogP contribution is -3.20. The first-order valence-corrected chi connectivity index (χ1v) is 11.4. The molecule has 0 aromatic heterocycles. The van der Waals surface area contributed by atoms with Gasteiger partial charge in [0.15, 0.2) is 11.7 Å². The van der Waals surface area contributed by atoms with Gasteiger partial charge in [0.2, 0.25) is 0 Å². The number of quaternary nitrogens is 1. The average Bonchev–Trinajstić information content (AvgIpc) is 3.16. The van der Waals surface area contributed by atoms with Crippen LogP contribution in [-0.2, 0) is 19.1 Å². The van der Waals surface area contributed by atoms with E-state index in [1.54, 1.807) is 0 Å². The van der Waals surface area contributed by atoms with Crippen LogP contribution in [-0.4, -0.2) is 53.5 Å². The van der Waals surface area contributed by atoms with Crippen molar-refractivity contribution in [3.63, 3.8) is 0 Å². The van der Waals surface area contributed by atoms with Crippen molar-refractivity contribution in [1.29, 1.82) is 0 Å². The zero-order valence-corrected chi connectivity index (χ0v) is 17.2. The normalized spacial score (nSPS) is 55.3. The molecule has 28 heavy (non-hydrogen) atoms. The number of hydrogen-bond acceptors (Lipinski definition) is 5. The number of carbonyl (C=O) groups excluding carboxylic acids is 2. The molecule has 0 aromatic rings. The smallest absolute Gasteiger partial charge is 0.309 e. The maximum atomic E-state index is 12.7. The fraction of sp³-hybridized carbons (Fsp3) is 0.909. The quantitative estimate of drug-likeness (QED) is 0.677. The highest BCUT2D eigenvalue weighted by molar-refractivity contribution is 5.76. The van der Waals surface area contributed by atoms with E-state index in [1.807, 2.05) is 13.8 Å². The Balaban J connectivity index is 1.59. The number of ether oxygens (including phenoxy) is 2. The molecule has 4 saturated heterocycles. The number of carbonyl (C=O) groups is 2. The predicted octanol–water partition coefficient (Wildman–Crippen LogP) is 0.713. The maximum Gasteiger partial charge on any atom is 0.309 e. The largest absolute Gasteiger partial charge is 0.456 e. The zero-order chi connectivity index (χ0) is 19.8. The monoisotopic (exact) mass is 392 g/mol. The summed E-state index contributed by atoms with van der Waals surface area (Å²) in [5.41, 5.74) is -0.588. The third kappa shape index (κ3) is 2.33.